The zero-order chi connectivity index (χ0) is 20.4. The molecule has 0 fully saturated rings. The van der Waals surface area contributed by atoms with Gasteiger partial charge in [0, 0.05) is 23.4 Å². The van der Waals surface area contributed by atoms with Gasteiger partial charge in [-0.2, -0.15) is 9.78 Å². The Hall–Kier alpha value is -3.52. The number of rotatable bonds is 5. The molecule has 0 atom stereocenters. The van der Waals surface area contributed by atoms with E-state index in [1.807, 2.05) is 49.6 Å². The first kappa shape index (κ1) is 18.8. The van der Waals surface area contributed by atoms with Crippen LogP contribution in [0.15, 0.2) is 58.7 Å². The topological polar surface area (TPSA) is 92.7 Å². The zero-order valence-corrected chi connectivity index (χ0v) is 16.8. The van der Waals surface area contributed by atoms with Gasteiger partial charge in [-0.1, -0.05) is 31.2 Å². The van der Waals surface area contributed by atoms with Crippen molar-refractivity contribution in [3.63, 3.8) is 0 Å². The van der Waals surface area contributed by atoms with Crippen LogP contribution in [0.4, 0.5) is 5.82 Å². The predicted molar refractivity (Wildman–Crippen MR) is 114 cm³/mol. The van der Waals surface area contributed by atoms with Gasteiger partial charge in [-0.05, 0) is 36.4 Å². The van der Waals surface area contributed by atoms with Gasteiger partial charge in [-0.3, -0.25) is 14.6 Å². The fourth-order valence-corrected chi connectivity index (χ4v) is 3.64. The van der Waals surface area contributed by atoms with Gasteiger partial charge in [0.1, 0.15) is 11.5 Å². The van der Waals surface area contributed by atoms with E-state index >= 15 is 0 Å². The average Bonchev–Trinajstić information content (AvgIpc) is 3.37. The van der Waals surface area contributed by atoms with Crippen LogP contribution in [0.2, 0.25) is 0 Å². The van der Waals surface area contributed by atoms with E-state index in [2.05, 4.69) is 20.4 Å². The smallest absolute Gasteiger partial charge is 0.257 e. The van der Waals surface area contributed by atoms with E-state index in [0.29, 0.717) is 29.2 Å². The van der Waals surface area contributed by atoms with Crippen molar-refractivity contribution >= 4 is 23.1 Å². The van der Waals surface area contributed by atoms with Crippen LogP contribution in [0.25, 0.3) is 16.5 Å². The number of hydrogen-bond donors (Lipinski definition) is 2. The summed E-state index contributed by atoms with van der Waals surface area (Å²) >= 11 is 1.54. The first-order chi connectivity index (χ1) is 14.0. The summed E-state index contributed by atoms with van der Waals surface area (Å²) in [4.78, 5) is 33.0. The van der Waals surface area contributed by atoms with Crippen molar-refractivity contribution in [3.05, 3.63) is 81.1 Å². The normalized spacial score (nSPS) is 10.8. The molecule has 29 heavy (non-hydrogen) atoms. The third kappa shape index (κ3) is 3.88. The third-order valence-electron chi connectivity index (χ3n) is 4.46. The standard InChI is InChI=1S/C21H19N5O2S/c1-3-14-11-19(27)24-21(22-14)26-18(12-16(25-26)17-9-6-10-29-17)23-20(28)15-8-5-4-7-13(15)2/h4-12H,3H2,1-2H3,(H,23,28)(H,22,24,27). The quantitative estimate of drug-likeness (QED) is 0.528. The van der Waals surface area contributed by atoms with Crippen LogP contribution in [0.1, 0.15) is 28.5 Å². The molecule has 146 valence electrons. The molecule has 0 bridgehead atoms. The van der Waals surface area contributed by atoms with Crippen molar-refractivity contribution in [2.75, 3.05) is 5.32 Å². The summed E-state index contributed by atoms with van der Waals surface area (Å²) in [6.45, 7) is 3.81. The molecule has 4 aromatic rings. The second-order valence-electron chi connectivity index (χ2n) is 6.49. The molecule has 0 saturated heterocycles. The number of aromatic nitrogens is 4. The molecule has 0 aliphatic carbocycles. The monoisotopic (exact) mass is 405 g/mol. The maximum Gasteiger partial charge on any atom is 0.257 e. The van der Waals surface area contributed by atoms with E-state index in [1.165, 1.54) is 10.7 Å². The van der Waals surface area contributed by atoms with Crippen LogP contribution < -0.4 is 10.9 Å². The number of nitrogens with one attached hydrogen (secondary N) is 2. The number of H-pyrrole nitrogens is 1. The summed E-state index contributed by atoms with van der Waals surface area (Å²) in [6.07, 6.45) is 0.612. The minimum absolute atomic E-state index is 0.254. The van der Waals surface area contributed by atoms with Gasteiger partial charge >= 0.3 is 0 Å². The fraction of sp³-hybridized carbons (Fsp3) is 0.143. The van der Waals surface area contributed by atoms with Gasteiger partial charge in [0.15, 0.2) is 0 Å². The highest BCUT2D eigenvalue weighted by atomic mass is 32.1. The van der Waals surface area contributed by atoms with Gasteiger partial charge in [0.25, 0.3) is 11.5 Å². The van der Waals surface area contributed by atoms with Crippen LogP contribution >= 0.6 is 11.3 Å². The number of benzene rings is 1. The number of hydrogen-bond acceptors (Lipinski definition) is 5. The highest BCUT2D eigenvalue weighted by Gasteiger charge is 2.18. The van der Waals surface area contributed by atoms with Crippen LogP contribution in [0.5, 0.6) is 0 Å². The Labute approximate surface area is 171 Å². The lowest BCUT2D eigenvalue weighted by molar-refractivity contribution is 0.102. The predicted octanol–water partition coefficient (Wildman–Crippen LogP) is 3.81. The highest BCUT2D eigenvalue weighted by Crippen LogP contribution is 2.27. The van der Waals surface area contributed by atoms with Gasteiger partial charge in [-0.25, -0.2) is 4.98 Å². The Balaban J connectivity index is 1.80. The summed E-state index contributed by atoms with van der Waals surface area (Å²) in [5.74, 6) is 0.436. The van der Waals surface area contributed by atoms with E-state index in [0.717, 1.165) is 10.4 Å². The Morgan fingerprint density at radius 1 is 1.21 bits per heavy atom. The summed E-state index contributed by atoms with van der Waals surface area (Å²) in [5, 5.41) is 9.45. The number of carbonyl (C=O) groups excluding carboxylic acids is 1. The molecule has 3 aromatic heterocycles. The van der Waals surface area contributed by atoms with Gasteiger partial charge in [0.05, 0.1) is 4.88 Å². The molecule has 2 N–H and O–H groups in total. The Bertz CT molecular complexity index is 1220. The zero-order valence-electron chi connectivity index (χ0n) is 16.0. The molecule has 8 heteroatoms. The molecular weight excluding hydrogens is 386 g/mol. The summed E-state index contributed by atoms with van der Waals surface area (Å²) in [7, 11) is 0. The fourth-order valence-electron chi connectivity index (χ4n) is 2.96. The first-order valence-corrected chi connectivity index (χ1v) is 10.0. The maximum absolute atomic E-state index is 12.9. The van der Waals surface area contributed by atoms with Gasteiger partial charge in [0.2, 0.25) is 5.95 Å². The van der Waals surface area contributed by atoms with E-state index < -0.39 is 0 Å². The molecule has 0 radical (unpaired) electrons. The molecule has 3 heterocycles. The summed E-state index contributed by atoms with van der Waals surface area (Å²) < 4.78 is 1.46. The second-order valence-corrected chi connectivity index (χ2v) is 7.43. The molecule has 0 spiro atoms. The number of anilines is 1. The molecule has 1 amide bonds. The average molecular weight is 405 g/mol. The van der Waals surface area contributed by atoms with Crippen LogP contribution in [0, 0.1) is 6.92 Å². The third-order valence-corrected chi connectivity index (χ3v) is 5.35. The lowest BCUT2D eigenvalue weighted by Crippen LogP contribution is -2.19. The van der Waals surface area contributed by atoms with E-state index in [4.69, 9.17) is 0 Å². The second kappa shape index (κ2) is 7.84. The minimum atomic E-state index is -0.267. The van der Waals surface area contributed by atoms with Gasteiger partial charge < -0.3 is 5.32 Å². The largest absolute Gasteiger partial charge is 0.306 e. The van der Waals surface area contributed by atoms with Crippen molar-refractivity contribution in [2.24, 2.45) is 0 Å². The van der Waals surface area contributed by atoms with E-state index in [9.17, 15) is 9.59 Å². The molecule has 4 rings (SSSR count). The Morgan fingerprint density at radius 2 is 2.03 bits per heavy atom. The SMILES string of the molecule is CCc1cc(=O)[nH]c(-n2nc(-c3cccs3)cc2NC(=O)c2ccccc2C)n1. The highest BCUT2D eigenvalue weighted by molar-refractivity contribution is 7.13. The number of thiophene rings is 1. The molecule has 0 saturated carbocycles. The number of carbonyl (C=O) groups is 1. The van der Waals surface area contributed by atoms with Crippen molar-refractivity contribution in [1.82, 2.24) is 19.7 Å². The minimum Gasteiger partial charge on any atom is -0.306 e. The lowest BCUT2D eigenvalue weighted by atomic mass is 10.1. The van der Waals surface area contributed by atoms with E-state index in [-0.39, 0.29) is 17.4 Å². The van der Waals surface area contributed by atoms with Gasteiger partial charge in [-0.15, -0.1) is 11.3 Å². The summed E-state index contributed by atoms with van der Waals surface area (Å²) in [6, 6.07) is 14.5. The molecule has 0 unspecified atom stereocenters. The van der Waals surface area contributed by atoms with E-state index in [1.54, 1.807) is 23.5 Å². The first-order valence-electron chi connectivity index (χ1n) is 9.16. The molecular formula is C21H19N5O2S. The van der Waals surface area contributed by atoms with Crippen molar-refractivity contribution in [2.45, 2.75) is 20.3 Å². The van der Waals surface area contributed by atoms with Crippen LogP contribution in [-0.2, 0) is 6.42 Å². The molecule has 0 aliphatic heterocycles. The van der Waals surface area contributed by atoms with Crippen LogP contribution in [-0.4, -0.2) is 25.7 Å². The Morgan fingerprint density at radius 3 is 2.76 bits per heavy atom. The van der Waals surface area contributed by atoms with Crippen molar-refractivity contribution < 1.29 is 4.79 Å². The summed E-state index contributed by atoms with van der Waals surface area (Å²) in [5.41, 5.74) is 2.50. The maximum atomic E-state index is 12.9. The van der Waals surface area contributed by atoms with Crippen molar-refractivity contribution in [1.29, 1.82) is 0 Å². The Kier molecular flexibility index (Phi) is 5.09. The molecule has 7 nitrogen and oxygen atoms in total. The lowest BCUT2D eigenvalue weighted by Gasteiger charge is -2.10. The molecule has 0 aliphatic rings. The number of nitrogens with zero attached hydrogens (tertiary/aromatic N) is 3. The molecule has 1 aromatic carbocycles. The van der Waals surface area contributed by atoms with Crippen molar-refractivity contribution in [3.8, 4) is 16.5 Å². The van der Waals surface area contributed by atoms with Crippen LogP contribution in [0.3, 0.4) is 0 Å². The number of amides is 1. The number of aryl methyl sites for hydroxylation is 2. The number of aromatic amines is 1.